The van der Waals surface area contributed by atoms with Gasteiger partial charge in [0.1, 0.15) is 0 Å². The number of benzene rings is 1. The summed E-state index contributed by atoms with van der Waals surface area (Å²) in [5, 5.41) is 11.7. The van der Waals surface area contributed by atoms with Crippen LogP contribution in [0.5, 0.6) is 0 Å². The molecule has 1 aromatic carbocycles. The summed E-state index contributed by atoms with van der Waals surface area (Å²) in [5.74, 6) is 1.26. The SMILES string of the molecule is C[C@@H]1CNCCN1Cc1nnc(-c2ccc(Br)cc2)o1. The van der Waals surface area contributed by atoms with Gasteiger partial charge in [0.15, 0.2) is 0 Å². The lowest BCUT2D eigenvalue weighted by Gasteiger charge is -2.32. The Kier molecular flexibility index (Phi) is 4.14. The van der Waals surface area contributed by atoms with Gasteiger partial charge in [0.25, 0.3) is 0 Å². The van der Waals surface area contributed by atoms with Gasteiger partial charge in [-0.1, -0.05) is 15.9 Å². The lowest BCUT2D eigenvalue weighted by atomic mass is 10.2. The molecular formula is C14H17BrN4O. The van der Waals surface area contributed by atoms with E-state index in [0.29, 0.717) is 24.4 Å². The van der Waals surface area contributed by atoms with Crippen LogP contribution in [0.1, 0.15) is 12.8 Å². The Bertz CT molecular complexity index is 569. The van der Waals surface area contributed by atoms with Crippen molar-refractivity contribution in [2.24, 2.45) is 0 Å². The lowest BCUT2D eigenvalue weighted by Crippen LogP contribution is -2.49. The van der Waals surface area contributed by atoms with Crippen LogP contribution in [-0.2, 0) is 6.54 Å². The number of hydrogen-bond acceptors (Lipinski definition) is 5. The standard InChI is InChI=1S/C14H17BrN4O/c1-10-8-16-6-7-19(10)9-13-17-18-14(20-13)11-2-4-12(15)5-3-11/h2-5,10,16H,6-9H2,1H3/t10-/m1/s1. The van der Waals surface area contributed by atoms with Gasteiger partial charge in [-0.15, -0.1) is 10.2 Å². The number of nitrogens with zero attached hydrogens (tertiary/aromatic N) is 3. The molecule has 1 N–H and O–H groups in total. The fourth-order valence-corrected chi connectivity index (χ4v) is 2.58. The highest BCUT2D eigenvalue weighted by Gasteiger charge is 2.20. The molecule has 20 heavy (non-hydrogen) atoms. The zero-order chi connectivity index (χ0) is 13.9. The van der Waals surface area contributed by atoms with Gasteiger partial charge in [0.05, 0.1) is 6.54 Å². The van der Waals surface area contributed by atoms with E-state index in [1.54, 1.807) is 0 Å². The van der Waals surface area contributed by atoms with Crippen LogP contribution in [0.2, 0.25) is 0 Å². The predicted molar refractivity (Wildman–Crippen MR) is 80.2 cm³/mol. The molecule has 1 aliphatic rings. The van der Waals surface area contributed by atoms with Gasteiger partial charge in [-0.05, 0) is 31.2 Å². The molecule has 0 aliphatic carbocycles. The summed E-state index contributed by atoms with van der Waals surface area (Å²) >= 11 is 3.42. The maximum atomic E-state index is 5.76. The first kappa shape index (κ1) is 13.7. The van der Waals surface area contributed by atoms with Crippen molar-refractivity contribution in [3.8, 4) is 11.5 Å². The second-order valence-corrected chi connectivity index (χ2v) is 5.95. The first-order chi connectivity index (χ1) is 9.72. The van der Waals surface area contributed by atoms with Crippen molar-refractivity contribution < 1.29 is 4.42 Å². The van der Waals surface area contributed by atoms with E-state index in [0.717, 1.165) is 29.7 Å². The van der Waals surface area contributed by atoms with Crippen LogP contribution < -0.4 is 5.32 Å². The zero-order valence-electron chi connectivity index (χ0n) is 11.3. The highest BCUT2D eigenvalue weighted by Crippen LogP contribution is 2.21. The Labute approximate surface area is 126 Å². The minimum absolute atomic E-state index is 0.492. The summed E-state index contributed by atoms with van der Waals surface area (Å²) in [6.45, 7) is 5.95. The van der Waals surface area contributed by atoms with Crippen molar-refractivity contribution in [3.63, 3.8) is 0 Å². The molecule has 1 atom stereocenters. The van der Waals surface area contributed by atoms with E-state index in [4.69, 9.17) is 4.42 Å². The predicted octanol–water partition coefficient (Wildman–Crippen LogP) is 2.29. The van der Waals surface area contributed by atoms with E-state index in [1.807, 2.05) is 24.3 Å². The minimum atomic E-state index is 0.492. The number of nitrogens with one attached hydrogen (secondary N) is 1. The smallest absolute Gasteiger partial charge is 0.247 e. The van der Waals surface area contributed by atoms with Gasteiger partial charge in [-0.3, -0.25) is 4.90 Å². The number of piperazine rings is 1. The summed E-state index contributed by atoms with van der Waals surface area (Å²) < 4.78 is 6.80. The molecular weight excluding hydrogens is 320 g/mol. The quantitative estimate of drug-likeness (QED) is 0.931. The molecule has 1 aromatic heterocycles. The lowest BCUT2D eigenvalue weighted by molar-refractivity contribution is 0.151. The molecule has 2 heterocycles. The third-order valence-electron chi connectivity index (χ3n) is 3.54. The van der Waals surface area contributed by atoms with Crippen LogP contribution >= 0.6 is 15.9 Å². The van der Waals surface area contributed by atoms with Crippen LogP contribution in [0.3, 0.4) is 0 Å². The van der Waals surface area contributed by atoms with E-state index >= 15 is 0 Å². The molecule has 6 heteroatoms. The molecule has 5 nitrogen and oxygen atoms in total. The number of hydrogen-bond donors (Lipinski definition) is 1. The monoisotopic (exact) mass is 336 g/mol. The second-order valence-electron chi connectivity index (χ2n) is 5.03. The Morgan fingerprint density at radius 3 is 2.90 bits per heavy atom. The maximum Gasteiger partial charge on any atom is 0.247 e. The molecule has 106 valence electrons. The first-order valence-electron chi connectivity index (χ1n) is 6.75. The molecule has 2 aromatic rings. The van der Waals surface area contributed by atoms with Gasteiger partial charge >= 0.3 is 0 Å². The molecule has 0 spiro atoms. The van der Waals surface area contributed by atoms with Gasteiger partial charge < -0.3 is 9.73 Å². The van der Waals surface area contributed by atoms with Crippen LogP contribution in [0.4, 0.5) is 0 Å². The average Bonchev–Trinajstić information content (AvgIpc) is 2.91. The molecule has 0 bridgehead atoms. The number of rotatable bonds is 3. The van der Waals surface area contributed by atoms with E-state index in [-0.39, 0.29) is 0 Å². The number of halogens is 1. The Hall–Kier alpha value is -1.24. The van der Waals surface area contributed by atoms with Crippen molar-refractivity contribution in [2.75, 3.05) is 19.6 Å². The van der Waals surface area contributed by atoms with Crippen molar-refractivity contribution >= 4 is 15.9 Å². The van der Waals surface area contributed by atoms with E-state index in [9.17, 15) is 0 Å². The van der Waals surface area contributed by atoms with Crippen molar-refractivity contribution in [1.29, 1.82) is 0 Å². The largest absolute Gasteiger partial charge is 0.419 e. The van der Waals surface area contributed by atoms with Gasteiger partial charge in [0, 0.05) is 35.7 Å². The molecule has 1 fully saturated rings. The second kappa shape index (κ2) is 6.03. The van der Waals surface area contributed by atoms with Gasteiger partial charge in [0.2, 0.25) is 11.8 Å². The Balaban J connectivity index is 1.71. The summed E-state index contributed by atoms with van der Waals surface area (Å²) in [7, 11) is 0. The molecule has 0 saturated carbocycles. The summed E-state index contributed by atoms with van der Waals surface area (Å²) in [6.07, 6.45) is 0. The highest BCUT2D eigenvalue weighted by atomic mass is 79.9. The third-order valence-corrected chi connectivity index (χ3v) is 4.06. The van der Waals surface area contributed by atoms with Crippen LogP contribution in [0.15, 0.2) is 33.2 Å². The molecule has 1 aliphatic heterocycles. The summed E-state index contributed by atoms with van der Waals surface area (Å²) in [6, 6.07) is 8.37. The van der Waals surface area contributed by atoms with Crippen LogP contribution in [0.25, 0.3) is 11.5 Å². The molecule has 0 unspecified atom stereocenters. The third kappa shape index (κ3) is 3.08. The topological polar surface area (TPSA) is 54.2 Å². The molecule has 0 radical (unpaired) electrons. The normalized spacial score (nSPS) is 20.2. The first-order valence-corrected chi connectivity index (χ1v) is 7.55. The average molecular weight is 337 g/mol. The highest BCUT2D eigenvalue weighted by molar-refractivity contribution is 9.10. The van der Waals surface area contributed by atoms with Crippen LogP contribution in [0, 0.1) is 0 Å². The van der Waals surface area contributed by atoms with Gasteiger partial charge in [-0.2, -0.15) is 0 Å². The Morgan fingerprint density at radius 1 is 1.35 bits per heavy atom. The fraction of sp³-hybridized carbons (Fsp3) is 0.429. The van der Waals surface area contributed by atoms with Crippen molar-refractivity contribution in [2.45, 2.75) is 19.5 Å². The fourth-order valence-electron chi connectivity index (χ4n) is 2.32. The summed E-state index contributed by atoms with van der Waals surface area (Å²) in [4.78, 5) is 2.36. The van der Waals surface area contributed by atoms with E-state index in [1.165, 1.54) is 0 Å². The van der Waals surface area contributed by atoms with E-state index in [2.05, 4.69) is 43.3 Å². The van der Waals surface area contributed by atoms with Crippen molar-refractivity contribution in [1.82, 2.24) is 20.4 Å². The maximum absolute atomic E-state index is 5.76. The molecule has 1 saturated heterocycles. The molecule has 3 rings (SSSR count). The van der Waals surface area contributed by atoms with Crippen LogP contribution in [-0.4, -0.2) is 40.8 Å². The molecule has 0 amide bonds. The number of aromatic nitrogens is 2. The Morgan fingerprint density at radius 2 is 2.15 bits per heavy atom. The van der Waals surface area contributed by atoms with E-state index < -0.39 is 0 Å². The minimum Gasteiger partial charge on any atom is -0.419 e. The van der Waals surface area contributed by atoms with Gasteiger partial charge in [-0.25, -0.2) is 0 Å². The zero-order valence-corrected chi connectivity index (χ0v) is 12.9. The summed E-state index contributed by atoms with van der Waals surface area (Å²) in [5.41, 5.74) is 0.945. The van der Waals surface area contributed by atoms with Crippen molar-refractivity contribution in [3.05, 3.63) is 34.6 Å².